The lowest BCUT2D eigenvalue weighted by Crippen LogP contribution is -2.19. The molecule has 0 aromatic heterocycles. The first kappa shape index (κ1) is 69.8. The second-order valence-electron chi connectivity index (χ2n) is 18.0. The highest BCUT2D eigenvalue weighted by Crippen LogP contribution is 2.37. The van der Waals surface area contributed by atoms with Crippen molar-refractivity contribution in [3.8, 4) is 46.0 Å². The van der Waals surface area contributed by atoms with E-state index in [0.717, 1.165) is 53.8 Å². The Hall–Kier alpha value is -7.48. The van der Waals surface area contributed by atoms with E-state index < -0.39 is 52.4 Å². The Labute approximate surface area is 495 Å². The van der Waals surface area contributed by atoms with Gasteiger partial charge in [-0.2, -0.15) is 25.3 Å². The van der Waals surface area contributed by atoms with Crippen molar-refractivity contribution >= 4 is 65.0 Å². The van der Waals surface area contributed by atoms with Gasteiger partial charge in [-0.15, -0.1) is 8.42 Å². The van der Waals surface area contributed by atoms with Gasteiger partial charge in [0.25, 0.3) is 0 Å². The second-order valence-corrected chi connectivity index (χ2v) is 24.9. The number of rotatable bonds is 19. The number of hydrogen-bond acceptors (Lipinski definition) is 18. The average molecular weight is 1260 g/mol. The van der Waals surface area contributed by atoms with Crippen molar-refractivity contribution in [3.63, 3.8) is 0 Å². The van der Waals surface area contributed by atoms with Crippen LogP contribution in [0.15, 0.2) is 214 Å². The third-order valence-corrected chi connectivity index (χ3v) is 15.5. The van der Waals surface area contributed by atoms with E-state index in [2.05, 4.69) is 8.37 Å². The van der Waals surface area contributed by atoms with Crippen LogP contribution in [-0.4, -0.2) is 57.2 Å². The molecule has 0 bridgehead atoms. The number of phenolic OH excluding ortho intramolecular Hbond substituents is 2. The lowest BCUT2D eigenvalue weighted by Gasteiger charge is -2.26. The topological polar surface area (TPSA) is 232 Å². The maximum atomic E-state index is 12.5. The molecule has 0 saturated carbocycles. The Bertz CT molecular complexity index is 3660. The normalized spacial score (nSPS) is 11.4. The zero-order chi connectivity index (χ0) is 58.5. The van der Waals surface area contributed by atoms with Crippen LogP contribution < -0.4 is 25.7 Å². The quantitative estimate of drug-likeness (QED) is 0.0566. The van der Waals surface area contributed by atoms with E-state index in [0.29, 0.717) is 0 Å². The van der Waals surface area contributed by atoms with Gasteiger partial charge in [0.1, 0.15) is 46.0 Å². The van der Waals surface area contributed by atoms with Gasteiger partial charge < -0.3 is 35.9 Å². The van der Waals surface area contributed by atoms with E-state index in [9.17, 15) is 41.4 Å². The number of aromatic hydroxyl groups is 2. The van der Waals surface area contributed by atoms with Crippen molar-refractivity contribution in [2.24, 2.45) is 0 Å². The first-order valence-corrected chi connectivity index (χ1v) is 30.8. The fourth-order valence-corrected chi connectivity index (χ4v) is 10.7. The van der Waals surface area contributed by atoms with Crippen LogP contribution in [0, 0.1) is 0 Å². The Kier molecular flexibility index (Phi) is 24.9. The molecule has 0 unspecified atom stereocenters. The number of halogens is 2. The van der Waals surface area contributed by atoms with Crippen LogP contribution in [0.1, 0.15) is 72.2 Å². The highest BCUT2D eigenvalue weighted by molar-refractivity contribution is 7.99. The lowest BCUT2D eigenvalue weighted by atomic mass is 9.78. The van der Waals surface area contributed by atoms with Gasteiger partial charge in [0, 0.05) is 30.4 Å². The Morgan fingerprint density at radius 3 is 0.807 bits per heavy atom. The minimum atomic E-state index is -5.09. The molecular weight excluding hydrogens is 1200 g/mol. The maximum Gasteiger partial charge on any atom is 0.500 e. The number of benzene rings is 8. The van der Waals surface area contributed by atoms with Crippen LogP contribution in [-0.2, 0) is 52.4 Å². The molecular formula is C59H64F2O16S6. The predicted molar refractivity (Wildman–Crippen MR) is 321 cm³/mol. The first-order chi connectivity index (χ1) is 37.4. The maximum absolute atomic E-state index is 12.5. The minimum absolute atomic E-state index is 0. The number of ether oxygens (including phenoxy) is 1. The number of hydrogen-bond donors (Lipinski definition) is 2. The van der Waals surface area contributed by atoms with Gasteiger partial charge in [-0.25, -0.2) is 0 Å². The smallest absolute Gasteiger partial charge is 0.500 e. The molecule has 8 rings (SSSR count). The third kappa shape index (κ3) is 22.7. The van der Waals surface area contributed by atoms with Crippen molar-refractivity contribution < 1.29 is 77.3 Å². The second kappa shape index (κ2) is 29.7. The van der Waals surface area contributed by atoms with Crippen molar-refractivity contribution in [1.29, 1.82) is 0 Å². The average Bonchev–Trinajstić information content (AvgIpc) is 3.53. The van der Waals surface area contributed by atoms with Crippen molar-refractivity contribution in [2.45, 2.75) is 80.4 Å². The molecule has 8 aromatic carbocycles. The highest BCUT2D eigenvalue weighted by atomic mass is 32.3. The molecule has 16 nitrogen and oxygen atoms in total. The lowest BCUT2D eigenvalue weighted by molar-refractivity contribution is 0.392. The van der Waals surface area contributed by atoms with Crippen LogP contribution in [0.2, 0.25) is 0 Å². The zero-order valence-corrected chi connectivity index (χ0v) is 48.2. The molecule has 24 heteroatoms. The van der Waals surface area contributed by atoms with E-state index in [1.165, 1.54) is 36.0 Å². The standard InChI is InChI=1S/C29H28O8S3.C15H14F2O6S2.C12H10O2S.3CH4/c1-29(2,21-5-9-24(10-6-21)35-39(4,30)31)22-7-11-25(12-8-22)36-40(32,33)37-26-15-19-28(20-16-26)38-27-17-13-23(34-3)14-18-27;1-15(2,11-3-7-13(8-4-11)22-24(16,18)19)12-5-9-14(10-6-12)23-25(17,20)21;13-9-1-5-11(6-2-9)15-12-7-3-10(14)4-8-12;;;/h5-20H,1-4H3;3-10H,1-2H3;1-8,13-14H;3*1H4. The van der Waals surface area contributed by atoms with Crippen LogP contribution in [0.3, 0.4) is 0 Å². The molecule has 0 aliphatic carbocycles. The van der Waals surface area contributed by atoms with Gasteiger partial charge in [0.2, 0.25) is 0 Å². The summed E-state index contributed by atoms with van der Waals surface area (Å²) >= 11 is 3.10. The molecule has 83 heavy (non-hydrogen) atoms. The Morgan fingerprint density at radius 2 is 0.566 bits per heavy atom. The molecule has 446 valence electrons. The summed E-state index contributed by atoms with van der Waals surface area (Å²) in [5, 5.41) is 18.2. The third-order valence-electron chi connectivity index (χ3n) is 11.4. The van der Waals surface area contributed by atoms with E-state index >= 15 is 0 Å². The van der Waals surface area contributed by atoms with Gasteiger partial charge in [0.05, 0.1) is 13.4 Å². The molecule has 0 aliphatic rings. The summed E-state index contributed by atoms with van der Waals surface area (Å²) in [7, 11) is -16.6. The van der Waals surface area contributed by atoms with Crippen LogP contribution in [0.25, 0.3) is 0 Å². The largest absolute Gasteiger partial charge is 0.508 e. The summed E-state index contributed by atoms with van der Waals surface area (Å²) in [6, 6.07) is 53.1. The molecule has 0 heterocycles. The van der Waals surface area contributed by atoms with E-state index in [1.54, 1.807) is 140 Å². The SMILES string of the molecule is C.C.C.CC(C)(c1ccc(OS(=O)(=O)F)cc1)c1ccc(OS(=O)(=O)F)cc1.COc1ccc(Sc2ccc(OS(=O)(=O)Oc3ccc(C(C)(C)c4ccc(OS(C)(=O)=O)cc4)cc3)cc2)cc1.Oc1ccc(Sc2ccc(O)cc2)cc1. The molecule has 0 amide bonds. The van der Waals surface area contributed by atoms with Crippen LogP contribution >= 0.6 is 23.5 Å². The monoisotopic (exact) mass is 1260 g/mol. The van der Waals surface area contributed by atoms with Crippen molar-refractivity contribution in [2.75, 3.05) is 13.4 Å². The Morgan fingerprint density at radius 1 is 0.349 bits per heavy atom. The highest BCUT2D eigenvalue weighted by Gasteiger charge is 2.26. The van der Waals surface area contributed by atoms with Gasteiger partial charge in [-0.3, -0.25) is 0 Å². The molecule has 0 radical (unpaired) electrons. The minimum Gasteiger partial charge on any atom is -0.508 e. The molecule has 0 atom stereocenters. The van der Waals surface area contributed by atoms with Gasteiger partial charge in [-0.1, -0.05) is 130 Å². The predicted octanol–water partition coefficient (Wildman–Crippen LogP) is 14.6. The zero-order valence-electron chi connectivity index (χ0n) is 43.3. The van der Waals surface area contributed by atoms with E-state index in [1.807, 2.05) is 76.2 Å². The molecule has 0 spiro atoms. The summed E-state index contributed by atoms with van der Waals surface area (Å²) in [6.07, 6.45) is 0.986. The van der Waals surface area contributed by atoms with Crippen molar-refractivity contribution in [1.82, 2.24) is 0 Å². The summed E-state index contributed by atoms with van der Waals surface area (Å²) < 4.78 is 143. The first-order valence-electron chi connectivity index (χ1n) is 23.4. The molecule has 0 aliphatic heterocycles. The fraction of sp³-hybridized carbons (Fsp3) is 0.186. The van der Waals surface area contributed by atoms with Gasteiger partial charge in [-0.05, 0) is 168 Å². The van der Waals surface area contributed by atoms with Crippen LogP contribution in [0.5, 0.6) is 46.0 Å². The number of phenols is 2. The van der Waals surface area contributed by atoms with Gasteiger partial charge >= 0.3 is 41.5 Å². The van der Waals surface area contributed by atoms with E-state index in [-0.39, 0.29) is 62.5 Å². The molecule has 8 aromatic rings. The summed E-state index contributed by atoms with van der Waals surface area (Å²) in [6.45, 7) is 7.70. The number of methoxy groups -OCH3 is 1. The molecule has 0 saturated heterocycles. The molecule has 2 N–H and O–H groups in total. The van der Waals surface area contributed by atoms with Crippen molar-refractivity contribution in [3.05, 3.63) is 216 Å². The van der Waals surface area contributed by atoms with E-state index in [4.69, 9.17) is 27.5 Å². The molecule has 0 fully saturated rings. The fourth-order valence-electron chi connectivity index (χ4n) is 7.21. The Balaban J connectivity index is 0.000000358. The summed E-state index contributed by atoms with van der Waals surface area (Å²) in [5.41, 5.74) is 2.26. The van der Waals surface area contributed by atoms with Crippen LogP contribution in [0.4, 0.5) is 7.77 Å². The van der Waals surface area contributed by atoms with Gasteiger partial charge in [0.15, 0.2) is 0 Å². The summed E-state index contributed by atoms with van der Waals surface area (Å²) in [4.78, 5) is 4.03. The summed E-state index contributed by atoms with van der Waals surface area (Å²) in [5.74, 6) is 1.42.